The van der Waals surface area contributed by atoms with Crippen LogP contribution >= 0.6 is 12.2 Å². The minimum Gasteiger partial charge on any atom is -0.378 e. The molecule has 0 aromatic heterocycles. The highest BCUT2D eigenvalue weighted by atomic mass is 32.1. The molecule has 0 unspecified atom stereocenters. The topological polar surface area (TPSA) is 56.8 Å². The highest BCUT2D eigenvalue weighted by Crippen LogP contribution is 2.27. The molecule has 1 aromatic carbocycles. The molecule has 1 amide bonds. The highest BCUT2D eigenvalue weighted by molar-refractivity contribution is 7.80. The maximum atomic E-state index is 13.0. The van der Waals surface area contributed by atoms with Gasteiger partial charge in [-0.15, -0.1) is 0 Å². The molecule has 2 N–H and O–H groups in total. The van der Waals surface area contributed by atoms with Crippen LogP contribution in [0.5, 0.6) is 0 Å². The van der Waals surface area contributed by atoms with Crippen molar-refractivity contribution in [3.05, 3.63) is 23.8 Å². The lowest BCUT2D eigenvalue weighted by Gasteiger charge is -2.31. The van der Waals surface area contributed by atoms with Gasteiger partial charge in [0.15, 0.2) is 5.11 Å². The molecule has 3 rings (SSSR count). The van der Waals surface area contributed by atoms with Gasteiger partial charge < -0.3 is 25.2 Å². The molecule has 0 spiro atoms. The molecule has 2 aliphatic heterocycles. The monoisotopic (exact) mass is 348 g/mol. The number of likely N-dealkylation sites (tertiary alicyclic amines) is 1. The van der Waals surface area contributed by atoms with E-state index in [0.717, 1.165) is 56.0 Å². The predicted molar refractivity (Wildman–Crippen MR) is 99.9 cm³/mol. The summed E-state index contributed by atoms with van der Waals surface area (Å²) in [6.07, 6.45) is 2.17. The average molecular weight is 348 g/mol. The van der Waals surface area contributed by atoms with Crippen LogP contribution in [0.3, 0.4) is 0 Å². The Bertz CT molecular complexity index is 611. The van der Waals surface area contributed by atoms with Crippen LogP contribution in [0, 0.1) is 0 Å². The fourth-order valence-corrected chi connectivity index (χ4v) is 3.27. The summed E-state index contributed by atoms with van der Waals surface area (Å²) in [5, 5.41) is 6.54. The summed E-state index contributed by atoms with van der Waals surface area (Å²) >= 11 is 5.17. The zero-order valence-corrected chi connectivity index (χ0v) is 14.8. The van der Waals surface area contributed by atoms with Gasteiger partial charge in [-0.25, -0.2) is 0 Å². The smallest absolute Gasteiger partial charge is 0.256 e. The Morgan fingerprint density at radius 2 is 1.88 bits per heavy atom. The van der Waals surface area contributed by atoms with E-state index in [0.29, 0.717) is 18.3 Å². The predicted octanol–water partition coefficient (Wildman–Crippen LogP) is 1.68. The Hall–Kier alpha value is -1.86. The molecule has 0 radical (unpaired) electrons. The summed E-state index contributed by atoms with van der Waals surface area (Å²) in [4.78, 5) is 17.2. The second-order valence-electron chi connectivity index (χ2n) is 6.03. The third kappa shape index (κ3) is 3.79. The molecule has 0 aliphatic carbocycles. The van der Waals surface area contributed by atoms with Crippen LogP contribution in [0.15, 0.2) is 18.2 Å². The van der Waals surface area contributed by atoms with E-state index in [4.69, 9.17) is 17.0 Å². The van der Waals surface area contributed by atoms with E-state index in [2.05, 4.69) is 15.5 Å². The van der Waals surface area contributed by atoms with Gasteiger partial charge in [-0.1, -0.05) is 0 Å². The van der Waals surface area contributed by atoms with Crippen molar-refractivity contribution < 1.29 is 9.53 Å². The lowest BCUT2D eigenvalue weighted by molar-refractivity contribution is 0.0792. The van der Waals surface area contributed by atoms with Crippen molar-refractivity contribution >= 4 is 34.6 Å². The summed E-state index contributed by atoms with van der Waals surface area (Å²) in [5.41, 5.74) is 2.55. The van der Waals surface area contributed by atoms with Gasteiger partial charge in [0.25, 0.3) is 5.91 Å². The van der Waals surface area contributed by atoms with Gasteiger partial charge in [0, 0.05) is 44.6 Å². The second-order valence-corrected chi connectivity index (χ2v) is 6.44. The summed E-state index contributed by atoms with van der Waals surface area (Å²) in [6, 6.07) is 5.89. The minimum absolute atomic E-state index is 0.105. The van der Waals surface area contributed by atoms with Crippen LogP contribution in [0.2, 0.25) is 0 Å². The van der Waals surface area contributed by atoms with Crippen LogP contribution in [-0.4, -0.2) is 62.4 Å². The number of nitrogens with zero attached hydrogens (tertiary/aromatic N) is 2. The van der Waals surface area contributed by atoms with E-state index >= 15 is 0 Å². The number of morpholine rings is 1. The van der Waals surface area contributed by atoms with Gasteiger partial charge in [-0.3, -0.25) is 4.79 Å². The molecule has 0 atom stereocenters. The van der Waals surface area contributed by atoms with Crippen molar-refractivity contribution in [2.75, 3.05) is 56.7 Å². The number of ether oxygens (including phenoxy) is 1. The molecule has 2 fully saturated rings. The molecule has 7 heteroatoms. The van der Waals surface area contributed by atoms with Crippen molar-refractivity contribution in [1.29, 1.82) is 0 Å². The van der Waals surface area contributed by atoms with E-state index < -0.39 is 0 Å². The van der Waals surface area contributed by atoms with E-state index in [1.54, 1.807) is 7.05 Å². The van der Waals surface area contributed by atoms with Crippen LogP contribution in [-0.2, 0) is 4.74 Å². The molecule has 6 nitrogen and oxygen atoms in total. The minimum atomic E-state index is 0.105. The third-order valence-electron chi connectivity index (χ3n) is 4.46. The van der Waals surface area contributed by atoms with Gasteiger partial charge in [-0.05, 0) is 43.3 Å². The van der Waals surface area contributed by atoms with Gasteiger partial charge >= 0.3 is 0 Å². The number of hydrogen-bond donors (Lipinski definition) is 2. The maximum Gasteiger partial charge on any atom is 0.256 e. The molecule has 0 bridgehead atoms. The van der Waals surface area contributed by atoms with E-state index in [1.165, 1.54) is 0 Å². The maximum absolute atomic E-state index is 13.0. The number of nitrogens with one attached hydrogen (secondary N) is 2. The average Bonchev–Trinajstić information content (AvgIpc) is 3.16. The second kappa shape index (κ2) is 7.81. The zero-order valence-electron chi connectivity index (χ0n) is 14.0. The first kappa shape index (κ1) is 17.0. The molecule has 130 valence electrons. The molecule has 2 heterocycles. The number of thiocarbonyl (C=S) groups is 1. The van der Waals surface area contributed by atoms with E-state index in [-0.39, 0.29) is 5.91 Å². The Labute approximate surface area is 148 Å². The quantitative estimate of drug-likeness (QED) is 0.811. The molecule has 24 heavy (non-hydrogen) atoms. The normalized spacial score (nSPS) is 17.7. The Morgan fingerprint density at radius 3 is 2.54 bits per heavy atom. The molecular formula is C17H24N4O2S. The number of carbonyl (C=O) groups excluding carboxylic acids is 1. The Kier molecular flexibility index (Phi) is 5.52. The molecule has 1 aromatic rings. The number of amides is 1. The van der Waals surface area contributed by atoms with Gasteiger partial charge in [0.05, 0.1) is 18.8 Å². The van der Waals surface area contributed by atoms with Crippen molar-refractivity contribution in [3.8, 4) is 0 Å². The number of hydrogen-bond acceptors (Lipinski definition) is 4. The van der Waals surface area contributed by atoms with Crippen LogP contribution < -0.4 is 15.5 Å². The van der Waals surface area contributed by atoms with Crippen molar-refractivity contribution in [3.63, 3.8) is 0 Å². The zero-order chi connectivity index (χ0) is 16.9. The SMILES string of the molecule is CNC(=S)Nc1ccc(N2CCOCC2)c(C(=O)N2CCCC2)c1. The lowest BCUT2D eigenvalue weighted by atomic mass is 10.1. The third-order valence-corrected chi connectivity index (χ3v) is 4.76. The number of carbonyl (C=O) groups is 1. The fourth-order valence-electron chi connectivity index (χ4n) is 3.15. The summed E-state index contributed by atoms with van der Waals surface area (Å²) in [7, 11) is 1.77. The standard InChI is InChI=1S/C17H24N4O2S/c1-18-17(24)19-13-4-5-15(20-8-10-23-11-9-20)14(12-13)16(22)21-6-2-3-7-21/h4-5,12H,2-3,6-11H2,1H3,(H2,18,19,24). The fraction of sp³-hybridized carbons (Fsp3) is 0.529. The molecule has 2 aliphatic rings. The summed E-state index contributed by atoms with van der Waals surface area (Å²) in [5.74, 6) is 0.105. The Morgan fingerprint density at radius 1 is 1.17 bits per heavy atom. The first-order valence-corrected chi connectivity index (χ1v) is 8.84. The van der Waals surface area contributed by atoms with Crippen molar-refractivity contribution in [2.45, 2.75) is 12.8 Å². The largest absolute Gasteiger partial charge is 0.378 e. The number of benzene rings is 1. The van der Waals surface area contributed by atoms with Gasteiger partial charge in [0.1, 0.15) is 0 Å². The van der Waals surface area contributed by atoms with E-state index in [1.807, 2.05) is 23.1 Å². The Balaban J connectivity index is 1.91. The van der Waals surface area contributed by atoms with Crippen molar-refractivity contribution in [1.82, 2.24) is 10.2 Å². The first-order valence-electron chi connectivity index (χ1n) is 8.44. The molecule has 0 saturated carbocycles. The van der Waals surface area contributed by atoms with Crippen molar-refractivity contribution in [2.24, 2.45) is 0 Å². The summed E-state index contributed by atoms with van der Waals surface area (Å²) < 4.78 is 5.44. The van der Waals surface area contributed by atoms with Gasteiger partial charge in [-0.2, -0.15) is 0 Å². The highest BCUT2D eigenvalue weighted by Gasteiger charge is 2.25. The van der Waals surface area contributed by atoms with Crippen LogP contribution in [0.25, 0.3) is 0 Å². The van der Waals surface area contributed by atoms with Crippen LogP contribution in [0.1, 0.15) is 23.2 Å². The lowest BCUT2D eigenvalue weighted by Crippen LogP contribution is -2.38. The number of rotatable bonds is 3. The van der Waals surface area contributed by atoms with Gasteiger partial charge in [0.2, 0.25) is 0 Å². The van der Waals surface area contributed by atoms with Crippen LogP contribution in [0.4, 0.5) is 11.4 Å². The molecule has 2 saturated heterocycles. The van der Waals surface area contributed by atoms with E-state index in [9.17, 15) is 4.79 Å². The number of anilines is 2. The summed E-state index contributed by atoms with van der Waals surface area (Å²) in [6.45, 7) is 4.69. The molecular weight excluding hydrogens is 324 g/mol. The first-order chi connectivity index (χ1) is 11.7.